The molecule has 0 radical (unpaired) electrons. The van der Waals surface area contributed by atoms with E-state index in [0.29, 0.717) is 0 Å². The zero-order chi connectivity index (χ0) is 10.7. The Bertz CT molecular complexity index is 317. The molecule has 14 heavy (non-hydrogen) atoms. The highest BCUT2D eigenvalue weighted by Crippen LogP contribution is 2.25. The van der Waals surface area contributed by atoms with Crippen molar-refractivity contribution in [3.05, 3.63) is 34.1 Å². The number of hydrogen-bond donors (Lipinski definition) is 1. The number of rotatable bonds is 3. The Labute approximate surface area is 88.2 Å². The summed E-state index contributed by atoms with van der Waals surface area (Å²) < 4.78 is 37.5. The maximum absolute atomic E-state index is 13.3. The lowest BCUT2D eigenvalue weighted by Crippen LogP contribution is -2.15. The van der Waals surface area contributed by atoms with Gasteiger partial charge in [0.15, 0.2) is 0 Å². The second-order valence-corrected chi connectivity index (χ2v) is 3.73. The second-order valence-electron chi connectivity index (χ2n) is 2.88. The third-order valence-corrected chi connectivity index (χ3v) is 2.43. The molecule has 0 bridgehead atoms. The van der Waals surface area contributed by atoms with Crippen molar-refractivity contribution in [3.8, 4) is 0 Å². The molecule has 1 aromatic rings. The largest absolute Gasteiger partial charge is 0.324 e. The van der Waals surface area contributed by atoms with Crippen molar-refractivity contribution < 1.29 is 13.2 Å². The lowest BCUT2D eigenvalue weighted by molar-refractivity contribution is 0.128. The number of benzene rings is 1. The maximum atomic E-state index is 13.3. The van der Waals surface area contributed by atoms with Crippen LogP contribution in [-0.2, 0) is 0 Å². The summed E-state index contributed by atoms with van der Waals surface area (Å²) in [6.07, 6.45) is -3.06. The van der Waals surface area contributed by atoms with Gasteiger partial charge in [-0.1, -0.05) is 12.1 Å². The van der Waals surface area contributed by atoms with Gasteiger partial charge in [0.05, 0.1) is 4.47 Å². The summed E-state index contributed by atoms with van der Waals surface area (Å²) in [5.74, 6) is -0.569. The standard InChI is InChI=1S/C9H9BrF3N/c10-6-3-1-2-5(9(6)13)7(14)4-8(11)12/h1-3,7-8H,4,14H2/t7-/m0/s1. The van der Waals surface area contributed by atoms with Gasteiger partial charge in [0, 0.05) is 18.0 Å². The Hall–Kier alpha value is -0.550. The molecule has 2 N–H and O–H groups in total. The van der Waals surface area contributed by atoms with E-state index in [0.717, 1.165) is 0 Å². The molecule has 1 nitrogen and oxygen atoms in total. The minimum Gasteiger partial charge on any atom is -0.324 e. The second kappa shape index (κ2) is 4.79. The van der Waals surface area contributed by atoms with Gasteiger partial charge >= 0.3 is 0 Å². The molecular weight excluding hydrogens is 259 g/mol. The van der Waals surface area contributed by atoms with E-state index in [2.05, 4.69) is 15.9 Å². The number of hydrogen-bond acceptors (Lipinski definition) is 1. The van der Waals surface area contributed by atoms with Gasteiger partial charge < -0.3 is 5.73 Å². The molecule has 0 aliphatic carbocycles. The summed E-state index contributed by atoms with van der Waals surface area (Å²) in [6.45, 7) is 0. The molecule has 78 valence electrons. The molecule has 1 aromatic carbocycles. The van der Waals surface area contributed by atoms with Crippen LogP contribution in [0.2, 0.25) is 0 Å². The van der Waals surface area contributed by atoms with Gasteiger partial charge in [0.2, 0.25) is 6.43 Å². The summed E-state index contributed by atoms with van der Waals surface area (Å²) in [6, 6.07) is 3.50. The first-order chi connectivity index (χ1) is 6.52. The monoisotopic (exact) mass is 267 g/mol. The summed E-state index contributed by atoms with van der Waals surface area (Å²) in [5, 5.41) is 0. The molecule has 0 saturated carbocycles. The van der Waals surface area contributed by atoms with Gasteiger partial charge in [-0.2, -0.15) is 0 Å². The van der Waals surface area contributed by atoms with Crippen LogP contribution < -0.4 is 5.73 Å². The van der Waals surface area contributed by atoms with Gasteiger partial charge in [-0.15, -0.1) is 0 Å². The Morgan fingerprint density at radius 1 is 1.36 bits per heavy atom. The van der Waals surface area contributed by atoms with Gasteiger partial charge in [-0.3, -0.25) is 0 Å². The van der Waals surface area contributed by atoms with Gasteiger partial charge in [0.25, 0.3) is 0 Å². The molecule has 1 atom stereocenters. The number of alkyl halides is 2. The Morgan fingerprint density at radius 3 is 2.57 bits per heavy atom. The van der Waals surface area contributed by atoms with Crippen LogP contribution in [0.4, 0.5) is 13.2 Å². The van der Waals surface area contributed by atoms with E-state index in [1.807, 2.05) is 0 Å². The lowest BCUT2D eigenvalue weighted by Gasteiger charge is -2.12. The van der Waals surface area contributed by atoms with Crippen LogP contribution in [0.15, 0.2) is 22.7 Å². The van der Waals surface area contributed by atoms with Crippen molar-refractivity contribution in [2.75, 3.05) is 0 Å². The average molecular weight is 268 g/mol. The smallest absolute Gasteiger partial charge is 0.240 e. The summed E-state index contributed by atoms with van der Waals surface area (Å²) in [4.78, 5) is 0. The van der Waals surface area contributed by atoms with Gasteiger partial charge in [-0.05, 0) is 22.0 Å². The van der Waals surface area contributed by atoms with Crippen LogP contribution in [0.3, 0.4) is 0 Å². The van der Waals surface area contributed by atoms with Crippen LogP contribution in [-0.4, -0.2) is 6.43 Å². The molecule has 0 aromatic heterocycles. The highest BCUT2D eigenvalue weighted by Gasteiger charge is 2.17. The molecular formula is C9H9BrF3N. The van der Waals surface area contributed by atoms with Crippen LogP contribution >= 0.6 is 15.9 Å². The molecule has 0 aliphatic heterocycles. The quantitative estimate of drug-likeness (QED) is 0.894. The fraction of sp³-hybridized carbons (Fsp3) is 0.333. The minimum atomic E-state index is -2.52. The molecule has 0 amide bonds. The molecule has 0 heterocycles. The Balaban J connectivity index is 2.89. The van der Waals surface area contributed by atoms with Crippen LogP contribution in [0.1, 0.15) is 18.0 Å². The van der Waals surface area contributed by atoms with Crippen LogP contribution in [0, 0.1) is 5.82 Å². The van der Waals surface area contributed by atoms with Crippen molar-refractivity contribution in [3.63, 3.8) is 0 Å². The van der Waals surface area contributed by atoms with Crippen LogP contribution in [0.5, 0.6) is 0 Å². The van der Waals surface area contributed by atoms with E-state index >= 15 is 0 Å². The minimum absolute atomic E-state index is 0.111. The molecule has 0 unspecified atom stereocenters. The highest BCUT2D eigenvalue weighted by molar-refractivity contribution is 9.10. The zero-order valence-electron chi connectivity index (χ0n) is 7.18. The van der Waals surface area contributed by atoms with E-state index in [1.54, 1.807) is 6.07 Å². The summed E-state index contributed by atoms with van der Waals surface area (Å²) in [5.41, 5.74) is 5.54. The average Bonchev–Trinajstić information content (AvgIpc) is 2.08. The first-order valence-electron chi connectivity index (χ1n) is 4.00. The predicted octanol–water partition coefficient (Wildman–Crippen LogP) is 3.24. The van der Waals surface area contributed by atoms with E-state index in [1.165, 1.54) is 12.1 Å². The number of halogens is 4. The van der Waals surface area contributed by atoms with E-state index in [9.17, 15) is 13.2 Å². The lowest BCUT2D eigenvalue weighted by atomic mass is 10.0. The zero-order valence-corrected chi connectivity index (χ0v) is 8.77. The molecule has 1 rings (SSSR count). The molecule has 0 saturated heterocycles. The summed E-state index contributed by atoms with van der Waals surface area (Å²) in [7, 11) is 0. The SMILES string of the molecule is N[C@@H](CC(F)F)c1cccc(Br)c1F. The van der Waals surface area contributed by atoms with E-state index < -0.39 is 24.7 Å². The van der Waals surface area contributed by atoms with Crippen molar-refractivity contribution in [1.29, 1.82) is 0 Å². The van der Waals surface area contributed by atoms with Gasteiger partial charge in [-0.25, -0.2) is 13.2 Å². The fourth-order valence-corrected chi connectivity index (χ4v) is 1.51. The van der Waals surface area contributed by atoms with Crippen molar-refractivity contribution >= 4 is 15.9 Å². The third-order valence-electron chi connectivity index (χ3n) is 1.81. The Morgan fingerprint density at radius 2 is 2.00 bits per heavy atom. The van der Waals surface area contributed by atoms with Crippen molar-refractivity contribution in [2.24, 2.45) is 5.73 Å². The predicted molar refractivity (Wildman–Crippen MR) is 51.6 cm³/mol. The highest BCUT2D eigenvalue weighted by atomic mass is 79.9. The van der Waals surface area contributed by atoms with Crippen LogP contribution in [0.25, 0.3) is 0 Å². The molecule has 5 heteroatoms. The first kappa shape index (κ1) is 11.5. The normalized spacial score (nSPS) is 13.3. The fourth-order valence-electron chi connectivity index (χ4n) is 1.13. The van der Waals surface area contributed by atoms with Crippen molar-refractivity contribution in [1.82, 2.24) is 0 Å². The van der Waals surface area contributed by atoms with Gasteiger partial charge in [0.1, 0.15) is 5.82 Å². The third kappa shape index (κ3) is 2.72. The molecule has 0 spiro atoms. The van der Waals surface area contributed by atoms with E-state index in [4.69, 9.17) is 5.73 Å². The molecule has 0 fully saturated rings. The van der Waals surface area contributed by atoms with Crippen molar-refractivity contribution in [2.45, 2.75) is 18.9 Å². The summed E-state index contributed by atoms with van der Waals surface area (Å²) >= 11 is 2.96. The Kier molecular flexibility index (Phi) is 3.95. The first-order valence-corrected chi connectivity index (χ1v) is 4.79. The maximum Gasteiger partial charge on any atom is 0.240 e. The van der Waals surface area contributed by atoms with E-state index in [-0.39, 0.29) is 10.0 Å². The molecule has 0 aliphatic rings. The number of nitrogens with two attached hydrogens (primary N) is 1. The topological polar surface area (TPSA) is 26.0 Å².